The number of aromatic nitrogens is 2. The molecule has 5 rings (SSSR count). The number of rotatable bonds is 19. The summed E-state index contributed by atoms with van der Waals surface area (Å²) in [5, 5.41) is 22.4. The van der Waals surface area contributed by atoms with Crippen molar-refractivity contribution in [3.8, 4) is 6.07 Å². The van der Waals surface area contributed by atoms with Crippen LogP contribution in [0, 0.1) is 11.3 Å². The number of nitrogens with two attached hydrogens (primary N) is 1. The molecule has 0 radical (unpaired) electrons. The highest BCUT2D eigenvalue weighted by Gasteiger charge is 2.42. The van der Waals surface area contributed by atoms with Crippen molar-refractivity contribution in [2.24, 2.45) is 10.7 Å². The summed E-state index contributed by atoms with van der Waals surface area (Å²) in [5.74, 6) is -0.378. The maximum atomic E-state index is 12.8. The van der Waals surface area contributed by atoms with Gasteiger partial charge >= 0.3 is 24.1 Å². The van der Waals surface area contributed by atoms with Gasteiger partial charge in [0, 0.05) is 84.1 Å². The van der Waals surface area contributed by atoms with Crippen LogP contribution < -0.4 is 27.0 Å². The zero-order chi connectivity index (χ0) is 61.6. The van der Waals surface area contributed by atoms with Gasteiger partial charge in [0.05, 0.1) is 88.1 Å². The first-order valence-electron chi connectivity index (χ1n) is 28.0. The minimum Gasteiger partial charge on any atom is -0.463 e. The predicted molar refractivity (Wildman–Crippen MR) is 309 cm³/mol. The molecule has 462 valence electrons. The maximum Gasteiger partial charge on any atom is 0.413 e. The Bertz CT molecular complexity index is 2310. The summed E-state index contributed by atoms with van der Waals surface area (Å²) >= 11 is 0. The van der Waals surface area contributed by atoms with Gasteiger partial charge in [0.15, 0.2) is 0 Å². The van der Waals surface area contributed by atoms with Gasteiger partial charge in [-0.2, -0.15) is 10.4 Å². The Morgan fingerprint density at radius 1 is 0.744 bits per heavy atom. The van der Waals surface area contributed by atoms with E-state index in [2.05, 4.69) is 42.7 Å². The number of nitrogens with one attached hydrogen (secondary N) is 4. The van der Waals surface area contributed by atoms with E-state index in [1.807, 2.05) is 12.2 Å². The zero-order valence-electron chi connectivity index (χ0n) is 51.0. The van der Waals surface area contributed by atoms with Gasteiger partial charge < -0.3 is 54.3 Å². The topological polar surface area (TPSA) is 311 Å². The Hall–Kier alpha value is -6.27. The van der Waals surface area contributed by atoms with Crippen molar-refractivity contribution in [3.63, 3.8) is 0 Å². The summed E-state index contributed by atoms with van der Waals surface area (Å²) in [6, 6.07) is 1.48. The first-order valence-corrected chi connectivity index (χ1v) is 28.0. The summed E-state index contributed by atoms with van der Waals surface area (Å²) < 4.78 is 44.3. The molecule has 0 saturated carbocycles. The number of hydrogen-bond donors (Lipinski definition) is 5. The molecule has 82 heavy (non-hydrogen) atoms. The normalized spacial score (nSPS) is 23.0. The fraction of sp³-hybridized carbons (Fsp3) is 0.702. The van der Waals surface area contributed by atoms with Crippen molar-refractivity contribution >= 4 is 47.6 Å². The standard InChI is InChI=1S/C26H44N4O7.C19H33N3O5.C10H15N3O2.C2H3N/c1-8-35-24(32)19-14-21(27-17(2)28-25(33)37-26(4,5)6)23(29-18(3)31)22(15-19)30-11-9-10-20(16-30)36-13-12-34-7;1-4-26-19(24)14-10-16(20)18(21-13(2)23)17(11-14)22-7-5-6-15(12-22)27-9-8-25-3;1-8(13-7-5-6-11-13)12-9(14)15-10(2,3)4;1-2-3/h15,20-23H,8-14,16H2,1-7H3,(H,29,31)(H,27,28,33);11,15-18H,4-10,12,20H2,1-3H3,(H,21,23);5-7H,1H2,2-4H3,(H,12,14);1H3/t20-,21-,22+,23+;15-,16-,17+,18+;;/m00../s1. The van der Waals surface area contributed by atoms with Crippen molar-refractivity contribution in [2.75, 3.05) is 80.0 Å². The average molecular weight is 1160 g/mol. The molecule has 0 unspecified atom stereocenters. The molecule has 2 aliphatic carbocycles. The number of methoxy groups -OCH3 is 2. The number of carbonyl (C=O) groups is 6. The SMILES string of the molecule is C=C(NC(=O)OC(C)(C)C)n1cccn1.CC#N.CCOC(=O)C1=C[C@@H](N2CCC[C@H](OCCOC)C2)[C@H](NC(C)=O)[C@@H](N)C1.CCOC(=O)C1=C[C@@H](N2CCC[C@H](OCCOC)C2)[C@H](NC(C)=O)[C@@H](N=C(C)NC(=O)OC(C)(C)C)C1. The molecule has 0 aromatic carbocycles. The summed E-state index contributed by atoms with van der Waals surface area (Å²) in [5.41, 5.74) is 6.24. The number of amidine groups is 1. The van der Waals surface area contributed by atoms with Crippen molar-refractivity contribution < 1.29 is 66.7 Å². The first-order chi connectivity index (χ1) is 38.7. The molecule has 4 aliphatic rings. The van der Waals surface area contributed by atoms with Crippen LogP contribution in [-0.4, -0.2) is 201 Å². The Balaban J connectivity index is 0.000000443. The van der Waals surface area contributed by atoms with E-state index in [1.54, 1.807) is 101 Å². The van der Waals surface area contributed by atoms with Gasteiger partial charge in [-0.3, -0.25) is 35.0 Å². The second-order valence-electron chi connectivity index (χ2n) is 21.7. The van der Waals surface area contributed by atoms with Crippen LogP contribution in [0.15, 0.2) is 53.3 Å². The second kappa shape index (κ2) is 37.0. The summed E-state index contributed by atoms with van der Waals surface area (Å²) in [6.07, 6.45) is 10.5. The van der Waals surface area contributed by atoms with Crippen LogP contribution in [0.2, 0.25) is 0 Å². The fourth-order valence-electron chi connectivity index (χ4n) is 9.34. The van der Waals surface area contributed by atoms with Gasteiger partial charge in [-0.1, -0.05) is 18.7 Å². The van der Waals surface area contributed by atoms with Crippen LogP contribution in [-0.2, 0) is 57.1 Å². The molecule has 6 N–H and O–H groups in total. The van der Waals surface area contributed by atoms with E-state index in [1.165, 1.54) is 25.5 Å². The molecule has 4 amide bonds. The number of piperidine rings is 2. The molecule has 2 saturated heterocycles. The third-order valence-electron chi connectivity index (χ3n) is 12.5. The highest BCUT2D eigenvalue weighted by atomic mass is 16.6. The molecule has 0 bridgehead atoms. The Morgan fingerprint density at radius 2 is 1.20 bits per heavy atom. The number of esters is 2. The summed E-state index contributed by atoms with van der Waals surface area (Å²) in [4.78, 5) is 81.8. The molecule has 8 atom stereocenters. The van der Waals surface area contributed by atoms with E-state index in [4.69, 9.17) is 53.9 Å². The lowest BCUT2D eigenvalue weighted by Crippen LogP contribution is -2.62. The number of nitrogens with zero attached hydrogens (tertiary/aromatic N) is 6. The number of aliphatic imine (C=N–C) groups is 1. The Kier molecular flexibility index (Phi) is 32.4. The van der Waals surface area contributed by atoms with E-state index in [0.717, 1.165) is 45.3 Å². The van der Waals surface area contributed by atoms with Crippen LogP contribution in [0.1, 0.15) is 122 Å². The number of ether oxygens (including phenoxy) is 8. The third kappa shape index (κ3) is 27.7. The molecule has 2 aliphatic heterocycles. The van der Waals surface area contributed by atoms with E-state index in [9.17, 15) is 28.8 Å². The molecule has 25 heteroatoms. The lowest BCUT2D eigenvalue weighted by molar-refractivity contribution is -0.139. The van der Waals surface area contributed by atoms with Gasteiger partial charge in [0.25, 0.3) is 0 Å². The predicted octanol–water partition coefficient (Wildman–Crippen LogP) is 4.77. The number of hydrogen-bond acceptors (Lipinski definition) is 20. The van der Waals surface area contributed by atoms with E-state index >= 15 is 0 Å². The van der Waals surface area contributed by atoms with E-state index in [-0.39, 0.29) is 67.2 Å². The van der Waals surface area contributed by atoms with Gasteiger partial charge in [-0.25, -0.2) is 23.9 Å². The Morgan fingerprint density at radius 3 is 1.62 bits per heavy atom. The third-order valence-corrected chi connectivity index (χ3v) is 12.5. The lowest BCUT2D eigenvalue weighted by Gasteiger charge is -2.44. The molecular weight excluding hydrogens is 1060 g/mol. The monoisotopic (exact) mass is 1160 g/mol. The van der Waals surface area contributed by atoms with Gasteiger partial charge in [0.1, 0.15) is 22.9 Å². The van der Waals surface area contributed by atoms with E-state index in [0.29, 0.717) is 68.8 Å². The van der Waals surface area contributed by atoms with E-state index < -0.39 is 41.4 Å². The van der Waals surface area contributed by atoms with Crippen LogP contribution in [0.3, 0.4) is 0 Å². The molecule has 1 aromatic heterocycles. The molecule has 3 heterocycles. The average Bonchev–Trinajstić information content (AvgIpc) is 3.93. The smallest absolute Gasteiger partial charge is 0.413 e. The number of alkyl carbamates (subject to hydrolysis) is 2. The van der Waals surface area contributed by atoms with Crippen molar-refractivity contribution in [1.82, 2.24) is 40.8 Å². The van der Waals surface area contributed by atoms with Gasteiger partial charge in [-0.05, 0) is 114 Å². The second-order valence-corrected chi connectivity index (χ2v) is 21.7. The summed E-state index contributed by atoms with van der Waals surface area (Å²) in [7, 11) is 3.29. The van der Waals surface area contributed by atoms with Crippen LogP contribution in [0.5, 0.6) is 0 Å². The minimum absolute atomic E-state index is 0.0146. The van der Waals surface area contributed by atoms with Gasteiger partial charge in [-0.15, -0.1) is 0 Å². The van der Waals surface area contributed by atoms with Crippen LogP contribution >= 0.6 is 0 Å². The number of amides is 4. The number of nitriles is 1. The highest BCUT2D eigenvalue weighted by molar-refractivity contribution is 5.94. The maximum absolute atomic E-state index is 12.8. The van der Waals surface area contributed by atoms with Crippen molar-refractivity contribution in [1.29, 1.82) is 5.26 Å². The molecular formula is C57H95N11O14. The largest absolute Gasteiger partial charge is 0.463 e. The van der Waals surface area contributed by atoms with Gasteiger partial charge in [0.2, 0.25) is 11.8 Å². The van der Waals surface area contributed by atoms with Crippen LogP contribution in [0.25, 0.3) is 5.82 Å². The quantitative estimate of drug-likeness (QED) is 0.0410. The number of likely N-dealkylation sites (tertiary alicyclic amines) is 2. The van der Waals surface area contributed by atoms with Crippen molar-refractivity contribution in [2.45, 2.75) is 181 Å². The number of carbonyl (C=O) groups excluding carboxylic acids is 6. The first kappa shape index (κ1) is 71.8. The molecule has 1 aromatic rings. The van der Waals surface area contributed by atoms with Crippen molar-refractivity contribution in [3.05, 3.63) is 48.3 Å². The highest BCUT2D eigenvalue weighted by Crippen LogP contribution is 2.30. The summed E-state index contributed by atoms with van der Waals surface area (Å²) in [6.45, 7) is 29.7. The van der Waals surface area contributed by atoms with Crippen LogP contribution in [0.4, 0.5) is 9.59 Å². The molecule has 25 nitrogen and oxygen atoms in total. The lowest BCUT2D eigenvalue weighted by atomic mass is 9.84. The molecule has 2 fully saturated rings. The fourth-order valence-corrected chi connectivity index (χ4v) is 9.34. The zero-order valence-corrected chi connectivity index (χ0v) is 51.0. The minimum atomic E-state index is -0.658. The Labute approximate surface area is 485 Å². The molecule has 0 spiro atoms.